The van der Waals surface area contributed by atoms with Gasteiger partial charge in [0.1, 0.15) is 17.1 Å². The van der Waals surface area contributed by atoms with Crippen molar-refractivity contribution in [1.82, 2.24) is 30.7 Å². The molecule has 0 spiro atoms. The number of carbonyl (C=O) groups excluding carboxylic acids is 3. The van der Waals surface area contributed by atoms with Gasteiger partial charge in [0, 0.05) is 35.9 Å². The second-order valence-electron chi connectivity index (χ2n) is 7.33. The summed E-state index contributed by atoms with van der Waals surface area (Å²) in [4.78, 5) is 40.2. The largest absolute Gasteiger partial charge is 0.397 e. The van der Waals surface area contributed by atoms with E-state index in [0.29, 0.717) is 28.1 Å². The Morgan fingerprint density at radius 3 is 1.91 bits per heavy atom. The first-order valence-corrected chi connectivity index (χ1v) is 9.87. The molecule has 3 heterocycles. The number of anilines is 3. The third-order valence-corrected chi connectivity index (χ3v) is 5.02. The van der Waals surface area contributed by atoms with Crippen LogP contribution in [-0.2, 0) is 0 Å². The Kier molecular flexibility index (Phi) is 6.46. The first kappa shape index (κ1) is 23.1. The highest BCUT2D eigenvalue weighted by Crippen LogP contribution is 2.21. The third kappa shape index (κ3) is 4.84. The topological polar surface area (TPSA) is 236 Å². The van der Waals surface area contributed by atoms with Crippen molar-refractivity contribution in [3.8, 4) is 0 Å². The molecule has 14 heteroatoms. The zero-order valence-corrected chi connectivity index (χ0v) is 18.3. The number of nitrogens with zero attached hydrogens (tertiary/aromatic N) is 2. The van der Waals surface area contributed by atoms with Crippen LogP contribution in [0.25, 0.3) is 0 Å². The van der Waals surface area contributed by atoms with E-state index in [1.54, 1.807) is 20.8 Å². The summed E-state index contributed by atoms with van der Waals surface area (Å²) >= 11 is 0. The van der Waals surface area contributed by atoms with Crippen LogP contribution in [-0.4, -0.2) is 55.5 Å². The summed E-state index contributed by atoms with van der Waals surface area (Å²) in [5.74, 6) is -1.14. The molecule has 0 saturated carbocycles. The van der Waals surface area contributed by atoms with Crippen LogP contribution in [0.2, 0.25) is 0 Å². The maximum atomic E-state index is 12.7. The van der Waals surface area contributed by atoms with Gasteiger partial charge in [-0.15, -0.1) is 0 Å². The monoisotopic (exact) mass is 455 g/mol. The molecular weight excluding hydrogens is 430 g/mol. The van der Waals surface area contributed by atoms with Gasteiger partial charge in [0.05, 0.1) is 11.5 Å². The van der Waals surface area contributed by atoms with Crippen molar-refractivity contribution in [2.75, 3.05) is 22.9 Å². The second kappa shape index (κ2) is 9.25. The van der Waals surface area contributed by atoms with Gasteiger partial charge >= 0.3 is 0 Å². The van der Waals surface area contributed by atoms with Crippen LogP contribution < -0.4 is 27.4 Å². The van der Waals surface area contributed by atoms with Crippen molar-refractivity contribution in [3.05, 3.63) is 40.0 Å². The molecule has 0 saturated heterocycles. The Morgan fingerprint density at radius 1 is 0.909 bits per heavy atom. The van der Waals surface area contributed by atoms with Crippen molar-refractivity contribution in [3.63, 3.8) is 0 Å². The lowest BCUT2D eigenvalue weighted by atomic mass is 10.2. The molecular formula is C19H25N11O3. The Morgan fingerprint density at radius 2 is 1.42 bits per heavy atom. The van der Waals surface area contributed by atoms with Gasteiger partial charge in [-0.2, -0.15) is 10.2 Å². The molecule has 11 N–H and O–H groups in total. The maximum Gasteiger partial charge on any atom is 0.275 e. The van der Waals surface area contributed by atoms with Crippen LogP contribution >= 0.6 is 0 Å². The predicted octanol–water partition coefficient (Wildman–Crippen LogP) is 0.529. The van der Waals surface area contributed by atoms with E-state index in [2.05, 4.69) is 41.3 Å². The molecule has 0 aliphatic rings. The summed E-state index contributed by atoms with van der Waals surface area (Å²) in [5, 5.41) is 28.2. The first-order chi connectivity index (χ1) is 15.6. The number of nitrogens with two attached hydrogens (primary N) is 2. The van der Waals surface area contributed by atoms with Gasteiger partial charge in [0.2, 0.25) is 0 Å². The van der Waals surface area contributed by atoms with E-state index < -0.39 is 17.7 Å². The number of hydrogen-bond acceptors (Lipinski definition) is 7. The minimum Gasteiger partial charge on any atom is -0.397 e. The summed E-state index contributed by atoms with van der Waals surface area (Å²) < 4.78 is 0. The lowest BCUT2D eigenvalue weighted by molar-refractivity contribution is 0.0947. The van der Waals surface area contributed by atoms with Crippen LogP contribution in [0, 0.1) is 26.2 Å². The molecule has 3 aromatic heterocycles. The highest BCUT2D eigenvalue weighted by molar-refractivity contribution is 6.08. The summed E-state index contributed by atoms with van der Waals surface area (Å²) in [6.07, 6.45) is 1.74. The van der Waals surface area contributed by atoms with Crippen LogP contribution in [0.15, 0.2) is 6.20 Å². The van der Waals surface area contributed by atoms with Crippen LogP contribution in [0.5, 0.6) is 0 Å². The van der Waals surface area contributed by atoms with Crippen molar-refractivity contribution in [1.29, 1.82) is 5.41 Å². The smallest absolute Gasteiger partial charge is 0.275 e. The quantitative estimate of drug-likeness (QED) is 0.172. The van der Waals surface area contributed by atoms with Crippen molar-refractivity contribution < 1.29 is 14.4 Å². The Labute approximate surface area is 187 Å². The fraction of sp³-hybridized carbons (Fsp3) is 0.263. The van der Waals surface area contributed by atoms with Gasteiger partial charge in [-0.1, -0.05) is 0 Å². The molecule has 0 aliphatic carbocycles. The van der Waals surface area contributed by atoms with Crippen molar-refractivity contribution in [2.45, 2.75) is 27.2 Å². The van der Waals surface area contributed by atoms with E-state index in [0.717, 1.165) is 0 Å². The summed E-state index contributed by atoms with van der Waals surface area (Å²) in [5.41, 5.74) is 13.5. The van der Waals surface area contributed by atoms with E-state index in [4.69, 9.17) is 16.9 Å². The van der Waals surface area contributed by atoms with E-state index in [-0.39, 0.29) is 41.8 Å². The molecule has 14 nitrogen and oxygen atoms in total. The SMILES string of the molecule is Cc1c(N)c[nH]c1C(=O)Nc1n[nH]c(C(=O)Nc2n[nH]c(C(=O)NCCC(=N)N)c2C)c1C. The van der Waals surface area contributed by atoms with Gasteiger partial charge < -0.3 is 32.4 Å². The fourth-order valence-electron chi connectivity index (χ4n) is 2.97. The van der Waals surface area contributed by atoms with E-state index in [9.17, 15) is 14.4 Å². The molecule has 3 amide bonds. The molecule has 3 rings (SSSR count). The van der Waals surface area contributed by atoms with Crippen LogP contribution in [0.4, 0.5) is 17.3 Å². The molecule has 3 aromatic rings. The number of aromatic nitrogens is 5. The molecule has 174 valence electrons. The van der Waals surface area contributed by atoms with Gasteiger partial charge in [-0.25, -0.2) is 0 Å². The maximum absolute atomic E-state index is 12.7. The molecule has 0 aliphatic heterocycles. The van der Waals surface area contributed by atoms with Crippen LogP contribution in [0.1, 0.15) is 54.6 Å². The Balaban J connectivity index is 1.68. The Bertz CT molecular complexity index is 1230. The number of rotatable bonds is 8. The zero-order valence-electron chi connectivity index (χ0n) is 18.3. The molecule has 0 bridgehead atoms. The molecule has 33 heavy (non-hydrogen) atoms. The fourth-order valence-corrected chi connectivity index (χ4v) is 2.97. The van der Waals surface area contributed by atoms with Crippen LogP contribution in [0.3, 0.4) is 0 Å². The van der Waals surface area contributed by atoms with E-state index >= 15 is 0 Å². The first-order valence-electron chi connectivity index (χ1n) is 9.87. The molecule has 0 radical (unpaired) electrons. The minimum atomic E-state index is -0.557. The molecule has 0 aromatic carbocycles. The number of amidine groups is 1. The number of hydrogen-bond donors (Lipinski definition) is 9. The lowest BCUT2D eigenvalue weighted by Crippen LogP contribution is -2.28. The van der Waals surface area contributed by atoms with Crippen molar-refractivity contribution in [2.24, 2.45) is 5.73 Å². The average molecular weight is 455 g/mol. The predicted molar refractivity (Wildman–Crippen MR) is 121 cm³/mol. The van der Waals surface area contributed by atoms with E-state index in [1.807, 2.05) is 0 Å². The van der Waals surface area contributed by atoms with Gasteiger partial charge in [-0.05, 0) is 20.8 Å². The number of amides is 3. The second-order valence-corrected chi connectivity index (χ2v) is 7.33. The van der Waals surface area contributed by atoms with Gasteiger partial charge in [0.25, 0.3) is 17.7 Å². The van der Waals surface area contributed by atoms with E-state index in [1.165, 1.54) is 6.20 Å². The highest BCUT2D eigenvalue weighted by Gasteiger charge is 2.22. The molecule has 0 fully saturated rings. The number of aromatic amines is 3. The summed E-state index contributed by atoms with van der Waals surface area (Å²) in [7, 11) is 0. The van der Waals surface area contributed by atoms with Crippen molar-refractivity contribution >= 4 is 40.9 Å². The number of H-pyrrole nitrogens is 3. The molecule has 0 atom stereocenters. The number of carbonyl (C=O) groups is 3. The zero-order chi connectivity index (χ0) is 24.3. The molecule has 0 unspecified atom stereocenters. The normalized spacial score (nSPS) is 10.6. The average Bonchev–Trinajstić information content (AvgIpc) is 3.40. The third-order valence-electron chi connectivity index (χ3n) is 5.02. The standard InChI is InChI=1S/C19H25N11O3/c1-7-10(20)6-24-12(7)18(32)25-16-9(3)14(28-30-16)19(33)26-15-8(2)13(27-29-15)17(31)23-5-4-11(21)22/h6,24H,4-5,20H2,1-3H3,(H3,21,22)(H,23,31)(H2,25,28,30,32)(H2,26,27,29,33). The summed E-state index contributed by atoms with van der Waals surface area (Å²) in [6, 6.07) is 0. The minimum absolute atomic E-state index is 0.0396. The number of nitrogens with one attached hydrogen (secondary N) is 7. The number of nitrogen functional groups attached to an aromatic ring is 1. The van der Waals surface area contributed by atoms with Gasteiger partial charge in [0.15, 0.2) is 11.6 Å². The Hall–Kier alpha value is -4.62. The highest BCUT2D eigenvalue weighted by atomic mass is 16.2. The van der Waals surface area contributed by atoms with Gasteiger partial charge in [-0.3, -0.25) is 30.0 Å². The summed E-state index contributed by atoms with van der Waals surface area (Å²) in [6.45, 7) is 5.15. The lowest BCUT2D eigenvalue weighted by Gasteiger charge is -2.05.